The zero-order valence-corrected chi connectivity index (χ0v) is 12.5. The van der Waals surface area contributed by atoms with Crippen LogP contribution in [0.25, 0.3) is 6.08 Å². The maximum atomic E-state index is 13.2. The molecule has 0 aliphatic rings. The first kappa shape index (κ1) is 15.3. The van der Waals surface area contributed by atoms with Gasteiger partial charge < -0.3 is 9.84 Å². The lowest BCUT2D eigenvalue weighted by molar-refractivity contribution is -0.131. The molecule has 0 aliphatic carbocycles. The largest absolute Gasteiger partial charge is 0.489 e. The van der Waals surface area contributed by atoms with Gasteiger partial charge in [-0.2, -0.15) is 0 Å². The van der Waals surface area contributed by atoms with Crippen LogP contribution in [-0.2, 0) is 11.4 Å². The number of hydrogen-bond acceptors (Lipinski definition) is 2. The van der Waals surface area contributed by atoms with Crippen molar-refractivity contribution in [2.45, 2.75) is 6.61 Å². The van der Waals surface area contributed by atoms with E-state index in [4.69, 9.17) is 9.84 Å². The van der Waals surface area contributed by atoms with Gasteiger partial charge in [-0.25, -0.2) is 9.18 Å². The number of ether oxygens (including phenoxy) is 1. The Hall–Kier alpha value is -2.14. The van der Waals surface area contributed by atoms with Crippen molar-refractivity contribution in [2.24, 2.45) is 0 Å². The fraction of sp³-hybridized carbons (Fsp3) is 0.0625. The molecule has 2 aromatic rings. The predicted molar refractivity (Wildman–Crippen MR) is 81.5 cm³/mol. The second kappa shape index (κ2) is 7.04. The molecule has 0 heterocycles. The third-order valence-corrected chi connectivity index (χ3v) is 3.06. The number of benzene rings is 2. The van der Waals surface area contributed by atoms with Crippen LogP contribution in [0, 0.1) is 5.82 Å². The maximum absolute atomic E-state index is 13.2. The SMILES string of the molecule is O=C(O)C=Cc1cccc(OCc2cc(F)cc(Br)c2)c1. The molecule has 0 bridgehead atoms. The Labute approximate surface area is 129 Å². The average Bonchev–Trinajstić information content (AvgIpc) is 2.42. The first-order valence-electron chi connectivity index (χ1n) is 6.12. The summed E-state index contributed by atoms with van der Waals surface area (Å²) in [5.41, 5.74) is 1.42. The fourth-order valence-corrected chi connectivity index (χ4v) is 2.25. The molecule has 2 aromatic carbocycles. The van der Waals surface area contributed by atoms with Crippen LogP contribution in [0.1, 0.15) is 11.1 Å². The van der Waals surface area contributed by atoms with Gasteiger partial charge in [0.25, 0.3) is 0 Å². The van der Waals surface area contributed by atoms with Crippen LogP contribution in [0.15, 0.2) is 53.0 Å². The number of carboxylic acid groups (broad SMARTS) is 1. The predicted octanol–water partition coefficient (Wildman–Crippen LogP) is 4.27. The molecule has 0 aliphatic heterocycles. The monoisotopic (exact) mass is 350 g/mol. The molecule has 0 amide bonds. The molecular weight excluding hydrogens is 339 g/mol. The number of carbonyl (C=O) groups is 1. The van der Waals surface area contributed by atoms with E-state index in [9.17, 15) is 9.18 Å². The first-order valence-corrected chi connectivity index (χ1v) is 6.91. The molecule has 0 atom stereocenters. The maximum Gasteiger partial charge on any atom is 0.328 e. The molecule has 0 saturated carbocycles. The molecule has 0 radical (unpaired) electrons. The summed E-state index contributed by atoms with van der Waals surface area (Å²) in [5, 5.41) is 8.59. The number of carboxylic acids is 1. The Balaban J connectivity index is 2.06. The summed E-state index contributed by atoms with van der Waals surface area (Å²) in [6, 6.07) is 11.6. The van der Waals surface area contributed by atoms with Crippen molar-refractivity contribution in [3.63, 3.8) is 0 Å². The Morgan fingerprint density at radius 2 is 2.10 bits per heavy atom. The number of rotatable bonds is 5. The average molecular weight is 351 g/mol. The zero-order valence-electron chi connectivity index (χ0n) is 10.9. The summed E-state index contributed by atoms with van der Waals surface area (Å²) in [5.74, 6) is -0.755. The van der Waals surface area contributed by atoms with E-state index in [1.165, 1.54) is 18.2 Å². The minimum Gasteiger partial charge on any atom is -0.489 e. The van der Waals surface area contributed by atoms with Crippen molar-refractivity contribution < 1.29 is 19.0 Å². The van der Waals surface area contributed by atoms with Gasteiger partial charge in [0.2, 0.25) is 0 Å². The van der Waals surface area contributed by atoms with E-state index in [-0.39, 0.29) is 12.4 Å². The lowest BCUT2D eigenvalue weighted by Gasteiger charge is -2.07. The molecule has 0 aromatic heterocycles. The topological polar surface area (TPSA) is 46.5 Å². The van der Waals surface area contributed by atoms with E-state index >= 15 is 0 Å². The first-order chi connectivity index (χ1) is 10.0. The molecule has 0 spiro atoms. The van der Waals surface area contributed by atoms with E-state index in [0.717, 1.165) is 11.6 Å². The van der Waals surface area contributed by atoms with Gasteiger partial charge in [-0.1, -0.05) is 28.1 Å². The van der Waals surface area contributed by atoms with Crippen LogP contribution in [0.3, 0.4) is 0 Å². The summed E-state index contributed by atoms with van der Waals surface area (Å²) < 4.78 is 19.5. The summed E-state index contributed by atoms with van der Waals surface area (Å²) in [4.78, 5) is 10.5. The van der Waals surface area contributed by atoms with Crippen LogP contribution in [-0.4, -0.2) is 11.1 Å². The number of halogens is 2. The van der Waals surface area contributed by atoms with Crippen LogP contribution < -0.4 is 4.74 Å². The molecule has 1 N–H and O–H groups in total. The highest BCUT2D eigenvalue weighted by molar-refractivity contribution is 9.10. The molecule has 21 heavy (non-hydrogen) atoms. The van der Waals surface area contributed by atoms with Gasteiger partial charge in [0.1, 0.15) is 18.2 Å². The highest BCUT2D eigenvalue weighted by Gasteiger charge is 2.01. The van der Waals surface area contributed by atoms with E-state index in [1.807, 2.05) is 0 Å². The highest BCUT2D eigenvalue weighted by Crippen LogP contribution is 2.19. The molecule has 0 unspecified atom stereocenters. The van der Waals surface area contributed by atoms with Crippen LogP contribution in [0.2, 0.25) is 0 Å². The Kier molecular flexibility index (Phi) is 5.11. The van der Waals surface area contributed by atoms with Crippen molar-refractivity contribution in [2.75, 3.05) is 0 Å². The second-order valence-corrected chi connectivity index (χ2v) is 5.23. The summed E-state index contributed by atoms with van der Waals surface area (Å²) in [6.45, 7) is 0.225. The third kappa shape index (κ3) is 5.04. The van der Waals surface area contributed by atoms with Crippen molar-refractivity contribution in [1.29, 1.82) is 0 Å². The van der Waals surface area contributed by atoms with Crippen LogP contribution >= 0.6 is 15.9 Å². The molecule has 5 heteroatoms. The Morgan fingerprint density at radius 1 is 1.29 bits per heavy atom. The summed E-state index contributed by atoms with van der Waals surface area (Å²) in [7, 11) is 0. The zero-order chi connectivity index (χ0) is 15.2. The molecular formula is C16H12BrFO3. The third-order valence-electron chi connectivity index (χ3n) is 2.60. The smallest absolute Gasteiger partial charge is 0.328 e. The summed E-state index contributed by atoms with van der Waals surface area (Å²) >= 11 is 3.22. The molecule has 2 rings (SSSR count). The van der Waals surface area contributed by atoms with Crippen molar-refractivity contribution in [1.82, 2.24) is 0 Å². The van der Waals surface area contributed by atoms with Gasteiger partial charge in [0.05, 0.1) is 0 Å². The van der Waals surface area contributed by atoms with Crippen molar-refractivity contribution in [3.8, 4) is 5.75 Å². The van der Waals surface area contributed by atoms with Gasteiger partial charge in [0.15, 0.2) is 0 Å². The van der Waals surface area contributed by atoms with Crippen molar-refractivity contribution in [3.05, 3.63) is 70.0 Å². The number of aliphatic carboxylic acids is 1. The summed E-state index contributed by atoms with van der Waals surface area (Å²) in [6.07, 6.45) is 2.54. The van der Waals surface area contributed by atoms with Gasteiger partial charge >= 0.3 is 5.97 Å². The number of hydrogen-bond donors (Lipinski definition) is 1. The van der Waals surface area contributed by atoms with Gasteiger partial charge in [-0.15, -0.1) is 0 Å². The van der Waals surface area contributed by atoms with Crippen molar-refractivity contribution >= 4 is 28.0 Å². The van der Waals surface area contributed by atoms with Crippen LogP contribution in [0.5, 0.6) is 5.75 Å². The van der Waals surface area contributed by atoms with E-state index < -0.39 is 5.97 Å². The highest BCUT2D eigenvalue weighted by atomic mass is 79.9. The van der Waals surface area contributed by atoms with E-state index in [2.05, 4.69) is 15.9 Å². The lowest BCUT2D eigenvalue weighted by Crippen LogP contribution is -1.96. The molecule has 0 saturated heterocycles. The van der Waals surface area contributed by atoms with Gasteiger partial charge in [-0.05, 0) is 47.5 Å². The normalized spacial score (nSPS) is 10.8. The molecule has 108 valence electrons. The lowest BCUT2D eigenvalue weighted by atomic mass is 10.2. The van der Waals surface area contributed by atoms with Gasteiger partial charge in [-0.3, -0.25) is 0 Å². The second-order valence-electron chi connectivity index (χ2n) is 4.31. The minimum absolute atomic E-state index is 0.225. The van der Waals surface area contributed by atoms with E-state index in [0.29, 0.717) is 15.8 Å². The van der Waals surface area contributed by atoms with Crippen LogP contribution in [0.4, 0.5) is 4.39 Å². The minimum atomic E-state index is -1.01. The molecule has 0 fully saturated rings. The standard InChI is InChI=1S/C16H12BrFO3/c17-13-6-12(7-14(18)9-13)10-21-15-3-1-2-11(8-15)4-5-16(19)20/h1-9H,10H2,(H,19,20). The van der Waals surface area contributed by atoms with Gasteiger partial charge in [0, 0.05) is 10.5 Å². The van der Waals surface area contributed by atoms with E-state index in [1.54, 1.807) is 30.3 Å². The fourth-order valence-electron chi connectivity index (χ4n) is 1.74. The molecule has 3 nitrogen and oxygen atoms in total. The Bertz CT molecular complexity index is 663. The Morgan fingerprint density at radius 3 is 2.81 bits per heavy atom. The quantitative estimate of drug-likeness (QED) is 0.819.